The number of carbonyl (C=O) groups excluding carboxylic acids is 1. The normalized spacial score (nSPS) is 13.4. The Kier molecular flexibility index (Phi) is 4.08. The number of carbonyl (C=O) groups is 1. The van der Waals surface area contributed by atoms with Gasteiger partial charge in [0.1, 0.15) is 11.6 Å². The average Bonchev–Trinajstić information content (AvgIpc) is 3.10. The fourth-order valence-electron chi connectivity index (χ4n) is 2.85. The summed E-state index contributed by atoms with van der Waals surface area (Å²) in [6.07, 6.45) is 0.647. The molecule has 0 spiro atoms. The minimum Gasteiger partial charge on any atom is -0.403 e. The van der Waals surface area contributed by atoms with E-state index in [2.05, 4.69) is 15.5 Å². The highest BCUT2D eigenvalue weighted by Crippen LogP contribution is 2.22. The maximum atomic E-state index is 13.4. The van der Waals surface area contributed by atoms with Gasteiger partial charge in [-0.15, -0.1) is 5.10 Å². The van der Waals surface area contributed by atoms with Crippen LogP contribution in [-0.4, -0.2) is 27.7 Å². The molecular weight excluding hydrogens is 342 g/mol. The number of amides is 2. The van der Waals surface area contributed by atoms with Gasteiger partial charge in [-0.05, 0) is 53.9 Å². The molecule has 0 saturated heterocycles. The molecule has 0 atom stereocenters. The van der Waals surface area contributed by atoms with Crippen molar-refractivity contribution >= 4 is 12.0 Å². The van der Waals surface area contributed by atoms with E-state index >= 15 is 0 Å². The van der Waals surface area contributed by atoms with Crippen LogP contribution in [0.1, 0.15) is 11.1 Å². The molecule has 132 valence electrons. The number of rotatable bonds is 2. The number of aromatic nitrogens is 2. The van der Waals surface area contributed by atoms with Gasteiger partial charge in [-0.1, -0.05) is 11.2 Å². The lowest BCUT2D eigenvalue weighted by Gasteiger charge is -2.28. The van der Waals surface area contributed by atoms with Crippen LogP contribution >= 0.6 is 0 Å². The van der Waals surface area contributed by atoms with E-state index in [1.807, 2.05) is 0 Å². The molecule has 3 aromatic rings. The number of anilines is 1. The Morgan fingerprint density at radius 1 is 1.04 bits per heavy atom. The Balaban J connectivity index is 1.45. The second kappa shape index (κ2) is 6.55. The molecule has 0 aliphatic carbocycles. The predicted molar refractivity (Wildman–Crippen MR) is 89.2 cm³/mol. The van der Waals surface area contributed by atoms with E-state index in [1.54, 1.807) is 11.0 Å². The highest BCUT2D eigenvalue weighted by atomic mass is 19.1. The number of hydrogen-bond acceptors (Lipinski definition) is 4. The van der Waals surface area contributed by atoms with Crippen molar-refractivity contribution in [1.29, 1.82) is 0 Å². The maximum Gasteiger partial charge on any atom is 0.325 e. The van der Waals surface area contributed by atoms with Crippen LogP contribution in [0.3, 0.4) is 0 Å². The third-order valence-corrected chi connectivity index (χ3v) is 4.20. The van der Waals surface area contributed by atoms with E-state index in [0.717, 1.165) is 11.1 Å². The van der Waals surface area contributed by atoms with Gasteiger partial charge in [-0.2, -0.15) is 0 Å². The van der Waals surface area contributed by atoms with Crippen LogP contribution in [0.2, 0.25) is 0 Å². The van der Waals surface area contributed by atoms with Crippen LogP contribution < -0.4 is 5.32 Å². The molecular formula is C18H14F2N4O2. The van der Waals surface area contributed by atoms with Gasteiger partial charge in [0.2, 0.25) is 5.89 Å². The lowest BCUT2D eigenvalue weighted by molar-refractivity contribution is 0.205. The van der Waals surface area contributed by atoms with Crippen molar-refractivity contribution in [3.63, 3.8) is 0 Å². The highest BCUT2D eigenvalue weighted by molar-refractivity contribution is 5.87. The third kappa shape index (κ3) is 3.26. The van der Waals surface area contributed by atoms with E-state index in [4.69, 9.17) is 4.42 Å². The van der Waals surface area contributed by atoms with Gasteiger partial charge in [0.05, 0.1) is 0 Å². The summed E-state index contributed by atoms with van der Waals surface area (Å²) in [7, 11) is 0. The molecule has 26 heavy (non-hydrogen) atoms. The van der Waals surface area contributed by atoms with E-state index in [1.165, 1.54) is 36.4 Å². The Hall–Kier alpha value is -3.29. The van der Waals surface area contributed by atoms with E-state index in [0.29, 0.717) is 25.1 Å². The number of nitrogens with zero attached hydrogens (tertiary/aromatic N) is 3. The van der Waals surface area contributed by atoms with E-state index < -0.39 is 6.03 Å². The van der Waals surface area contributed by atoms with Gasteiger partial charge in [-0.3, -0.25) is 5.32 Å². The van der Waals surface area contributed by atoms with Crippen molar-refractivity contribution in [3.8, 4) is 11.5 Å². The first-order valence-corrected chi connectivity index (χ1v) is 8.01. The van der Waals surface area contributed by atoms with Gasteiger partial charge >= 0.3 is 12.0 Å². The zero-order chi connectivity index (χ0) is 18.1. The largest absolute Gasteiger partial charge is 0.403 e. The van der Waals surface area contributed by atoms with Crippen molar-refractivity contribution in [2.24, 2.45) is 0 Å². The zero-order valence-corrected chi connectivity index (χ0v) is 13.6. The summed E-state index contributed by atoms with van der Waals surface area (Å²) in [5, 5.41) is 10.2. The maximum absolute atomic E-state index is 13.4. The molecule has 0 unspecified atom stereocenters. The second-order valence-electron chi connectivity index (χ2n) is 5.93. The van der Waals surface area contributed by atoms with Crippen LogP contribution in [-0.2, 0) is 13.0 Å². The van der Waals surface area contributed by atoms with Crippen LogP contribution in [0.25, 0.3) is 11.5 Å². The van der Waals surface area contributed by atoms with Crippen LogP contribution in [0.15, 0.2) is 46.9 Å². The standard InChI is InChI=1S/C18H14F2N4O2/c19-14-4-2-12(3-5-14)16-22-23-17(26-16)21-18(25)24-8-7-11-1-6-15(20)9-13(11)10-24/h1-6,9H,7-8,10H2,(H,21,23,25). The van der Waals surface area contributed by atoms with Gasteiger partial charge < -0.3 is 9.32 Å². The van der Waals surface area contributed by atoms with Crippen molar-refractivity contribution in [3.05, 3.63) is 65.2 Å². The number of urea groups is 1. The number of nitrogens with one attached hydrogen (secondary N) is 1. The summed E-state index contributed by atoms with van der Waals surface area (Å²) in [6.45, 7) is 0.807. The monoisotopic (exact) mass is 356 g/mol. The summed E-state index contributed by atoms with van der Waals surface area (Å²) in [6, 6.07) is 9.71. The third-order valence-electron chi connectivity index (χ3n) is 4.20. The average molecular weight is 356 g/mol. The smallest absolute Gasteiger partial charge is 0.325 e. The molecule has 8 heteroatoms. The summed E-state index contributed by atoms with van der Waals surface area (Å²) in [4.78, 5) is 13.9. The lowest BCUT2D eigenvalue weighted by Crippen LogP contribution is -2.39. The molecule has 6 nitrogen and oxygen atoms in total. The molecule has 1 aliphatic heterocycles. The van der Waals surface area contributed by atoms with E-state index in [9.17, 15) is 13.6 Å². The van der Waals surface area contributed by atoms with Crippen molar-refractivity contribution in [2.75, 3.05) is 11.9 Å². The van der Waals surface area contributed by atoms with Gasteiger partial charge in [-0.25, -0.2) is 13.6 Å². The molecule has 0 fully saturated rings. The van der Waals surface area contributed by atoms with E-state index in [-0.39, 0.29) is 23.5 Å². The molecule has 4 rings (SSSR count). The molecule has 2 amide bonds. The molecule has 2 aromatic carbocycles. The first kappa shape index (κ1) is 16.2. The first-order valence-electron chi connectivity index (χ1n) is 8.01. The number of hydrogen-bond donors (Lipinski definition) is 1. The lowest BCUT2D eigenvalue weighted by atomic mass is 10.00. The summed E-state index contributed by atoms with van der Waals surface area (Å²) >= 11 is 0. The quantitative estimate of drug-likeness (QED) is 0.761. The van der Waals surface area contributed by atoms with Crippen LogP contribution in [0, 0.1) is 11.6 Å². The molecule has 1 aliphatic rings. The Labute approximate surface area is 147 Å². The summed E-state index contributed by atoms with van der Waals surface area (Å²) in [5.41, 5.74) is 2.36. The molecule has 2 heterocycles. The van der Waals surface area contributed by atoms with Crippen molar-refractivity contribution in [1.82, 2.24) is 15.1 Å². The Morgan fingerprint density at radius 3 is 2.62 bits per heavy atom. The van der Waals surface area contributed by atoms with Gasteiger partial charge in [0, 0.05) is 18.7 Å². The van der Waals surface area contributed by atoms with Crippen LogP contribution in [0.5, 0.6) is 0 Å². The molecule has 1 N–H and O–H groups in total. The highest BCUT2D eigenvalue weighted by Gasteiger charge is 2.22. The van der Waals surface area contributed by atoms with Crippen molar-refractivity contribution < 1.29 is 18.0 Å². The minimum atomic E-state index is -0.408. The Bertz CT molecular complexity index is 956. The number of halogens is 2. The van der Waals surface area contributed by atoms with Gasteiger partial charge in [0.15, 0.2) is 0 Å². The van der Waals surface area contributed by atoms with Crippen LogP contribution in [0.4, 0.5) is 19.6 Å². The Morgan fingerprint density at radius 2 is 1.81 bits per heavy atom. The fourth-order valence-corrected chi connectivity index (χ4v) is 2.85. The number of fused-ring (bicyclic) bond motifs is 1. The molecule has 0 bridgehead atoms. The number of benzene rings is 2. The minimum absolute atomic E-state index is 0.0561. The topological polar surface area (TPSA) is 71.3 Å². The second-order valence-corrected chi connectivity index (χ2v) is 5.93. The molecule has 1 aromatic heterocycles. The fraction of sp³-hybridized carbons (Fsp3) is 0.167. The summed E-state index contributed by atoms with van der Waals surface area (Å²) < 4.78 is 31.7. The first-order chi connectivity index (χ1) is 12.6. The molecule has 0 radical (unpaired) electrons. The SMILES string of the molecule is O=C(Nc1nnc(-c2ccc(F)cc2)o1)N1CCc2ccc(F)cc2C1. The van der Waals surface area contributed by atoms with Gasteiger partial charge in [0.25, 0.3) is 0 Å². The zero-order valence-electron chi connectivity index (χ0n) is 13.6. The summed E-state index contributed by atoms with van der Waals surface area (Å²) in [5.74, 6) is -0.526. The van der Waals surface area contributed by atoms with Crippen molar-refractivity contribution in [2.45, 2.75) is 13.0 Å². The molecule has 0 saturated carbocycles. The predicted octanol–water partition coefficient (Wildman–Crippen LogP) is 3.61.